The van der Waals surface area contributed by atoms with E-state index in [1.54, 1.807) is 0 Å². The molecule has 0 unspecified atom stereocenters. The van der Waals surface area contributed by atoms with Crippen molar-refractivity contribution < 1.29 is 70.3 Å². The molecule has 104 valence electrons. The van der Waals surface area contributed by atoms with Gasteiger partial charge in [-0.2, -0.15) is 0 Å². The SMILES string of the molecule is CCCCCCCCCCCCc1ccccc1.[Cs+].[H-]. The molecule has 0 amide bonds. The van der Waals surface area contributed by atoms with Crippen LogP contribution in [0, 0.1) is 0 Å². The molecule has 0 atom stereocenters. The molecule has 19 heavy (non-hydrogen) atoms. The van der Waals surface area contributed by atoms with Crippen molar-refractivity contribution in [1.82, 2.24) is 0 Å². The average Bonchev–Trinajstić information content (AvgIpc) is 2.42. The van der Waals surface area contributed by atoms with Crippen LogP contribution in [0.1, 0.15) is 78.1 Å². The van der Waals surface area contributed by atoms with Crippen molar-refractivity contribution in [3.05, 3.63) is 35.9 Å². The Morgan fingerprint density at radius 1 is 0.684 bits per heavy atom. The van der Waals surface area contributed by atoms with Crippen LogP contribution in [0.25, 0.3) is 0 Å². The van der Waals surface area contributed by atoms with Gasteiger partial charge in [0.25, 0.3) is 0 Å². The summed E-state index contributed by atoms with van der Waals surface area (Å²) in [7, 11) is 0. The summed E-state index contributed by atoms with van der Waals surface area (Å²) in [6.45, 7) is 2.28. The van der Waals surface area contributed by atoms with Gasteiger partial charge < -0.3 is 1.43 Å². The van der Waals surface area contributed by atoms with Crippen LogP contribution in [0.15, 0.2) is 30.3 Å². The monoisotopic (exact) mass is 380 g/mol. The van der Waals surface area contributed by atoms with Gasteiger partial charge in [-0.3, -0.25) is 0 Å². The molecule has 0 saturated carbocycles. The smallest absolute Gasteiger partial charge is 1.00 e. The predicted molar refractivity (Wildman–Crippen MR) is 83.1 cm³/mol. The van der Waals surface area contributed by atoms with Crippen LogP contribution in [0.2, 0.25) is 0 Å². The molecule has 0 fully saturated rings. The van der Waals surface area contributed by atoms with E-state index in [0.29, 0.717) is 0 Å². The molecule has 0 radical (unpaired) electrons. The van der Waals surface area contributed by atoms with Gasteiger partial charge in [0.05, 0.1) is 0 Å². The number of benzene rings is 1. The molecule has 0 heterocycles. The van der Waals surface area contributed by atoms with E-state index in [-0.39, 0.29) is 70.3 Å². The van der Waals surface area contributed by atoms with E-state index in [2.05, 4.69) is 37.3 Å². The Bertz CT molecular complexity index is 274. The zero-order chi connectivity index (χ0) is 12.9. The van der Waals surface area contributed by atoms with Gasteiger partial charge in [0.2, 0.25) is 0 Å². The molecule has 0 bridgehead atoms. The van der Waals surface area contributed by atoms with Gasteiger partial charge in [0.15, 0.2) is 0 Å². The Hall–Kier alpha value is 1.27. The fraction of sp³-hybridized carbons (Fsp3) is 0.667. The summed E-state index contributed by atoms with van der Waals surface area (Å²) >= 11 is 0. The van der Waals surface area contributed by atoms with Crippen LogP contribution in [0.5, 0.6) is 0 Å². The molecule has 0 saturated heterocycles. The van der Waals surface area contributed by atoms with E-state index >= 15 is 0 Å². The third kappa shape index (κ3) is 12.7. The average molecular weight is 380 g/mol. The maximum Gasteiger partial charge on any atom is 1.00 e. The first-order valence-electron chi connectivity index (χ1n) is 7.97. The number of aryl methyl sites for hydroxylation is 1. The van der Waals surface area contributed by atoms with E-state index in [0.717, 1.165) is 0 Å². The van der Waals surface area contributed by atoms with Gasteiger partial charge in [0.1, 0.15) is 0 Å². The molecule has 0 aliphatic carbocycles. The van der Waals surface area contributed by atoms with Crippen molar-refractivity contribution in [3.63, 3.8) is 0 Å². The normalized spacial score (nSPS) is 10.2. The van der Waals surface area contributed by atoms with E-state index in [1.165, 1.54) is 76.2 Å². The van der Waals surface area contributed by atoms with Crippen molar-refractivity contribution >= 4 is 0 Å². The molecule has 1 aromatic carbocycles. The third-order valence-corrected chi connectivity index (χ3v) is 3.66. The minimum absolute atomic E-state index is 0. The first-order valence-corrected chi connectivity index (χ1v) is 7.97. The van der Waals surface area contributed by atoms with Gasteiger partial charge in [-0.1, -0.05) is 95.0 Å². The summed E-state index contributed by atoms with van der Waals surface area (Å²) < 4.78 is 0. The molecular weight excluding hydrogens is 349 g/mol. The van der Waals surface area contributed by atoms with Crippen molar-refractivity contribution in [1.29, 1.82) is 0 Å². The second-order valence-electron chi connectivity index (χ2n) is 5.42. The van der Waals surface area contributed by atoms with Gasteiger partial charge in [-0.05, 0) is 18.4 Å². The second kappa shape index (κ2) is 15.7. The Balaban J connectivity index is 0. The standard InChI is InChI=1S/C18H30.Cs.H/c1-2-3-4-5-6-7-8-9-10-12-15-18-16-13-11-14-17-18;;/h11,13-14,16-17H,2-10,12,15H2,1H3;;/q;+1;-1. The largest absolute Gasteiger partial charge is 1.00 e. The van der Waals surface area contributed by atoms with Crippen molar-refractivity contribution in [2.24, 2.45) is 0 Å². The number of rotatable bonds is 11. The van der Waals surface area contributed by atoms with Crippen LogP contribution in [-0.4, -0.2) is 0 Å². The molecule has 0 nitrogen and oxygen atoms in total. The summed E-state index contributed by atoms with van der Waals surface area (Å²) in [6.07, 6.45) is 15.5. The van der Waals surface area contributed by atoms with Gasteiger partial charge in [-0.25, -0.2) is 0 Å². The van der Waals surface area contributed by atoms with E-state index in [4.69, 9.17) is 0 Å². The molecule has 0 aliphatic rings. The molecule has 0 N–H and O–H groups in total. The summed E-state index contributed by atoms with van der Waals surface area (Å²) in [6, 6.07) is 10.9. The molecule has 1 rings (SSSR count). The van der Waals surface area contributed by atoms with Crippen molar-refractivity contribution in [2.75, 3.05) is 0 Å². The van der Waals surface area contributed by atoms with Crippen LogP contribution < -0.4 is 68.9 Å². The van der Waals surface area contributed by atoms with Gasteiger partial charge >= 0.3 is 68.9 Å². The fourth-order valence-corrected chi connectivity index (χ4v) is 2.46. The summed E-state index contributed by atoms with van der Waals surface area (Å²) in [5, 5.41) is 0. The molecule has 1 heteroatoms. The van der Waals surface area contributed by atoms with Crippen LogP contribution in [0.4, 0.5) is 0 Å². The predicted octanol–water partition coefficient (Wildman–Crippen LogP) is 3.27. The molecule has 0 aromatic heterocycles. The molecule has 0 aliphatic heterocycles. The Morgan fingerprint density at radius 2 is 1.16 bits per heavy atom. The third-order valence-electron chi connectivity index (χ3n) is 3.66. The van der Waals surface area contributed by atoms with Crippen LogP contribution in [-0.2, 0) is 6.42 Å². The topological polar surface area (TPSA) is 0 Å². The maximum absolute atomic E-state index is 2.28. The second-order valence-corrected chi connectivity index (χ2v) is 5.42. The number of unbranched alkanes of at least 4 members (excludes halogenated alkanes) is 9. The van der Waals surface area contributed by atoms with Gasteiger partial charge in [-0.15, -0.1) is 0 Å². The van der Waals surface area contributed by atoms with E-state index in [9.17, 15) is 0 Å². The molecule has 0 spiro atoms. The maximum atomic E-state index is 2.28. The van der Waals surface area contributed by atoms with E-state index in [1.807, 2.05) is 0 Å². The summed E-state index contributed by atoms with van der Waals surface area (Å²) in [5.74, 6) is 0. The summed E-state index contributed by atoms with van der Waals surface area (Å²) in [5.41, 5.74) is 1.50. The Kier molecular flexibility index (Phi) is 16.7. The zero-order valence-electron chi connectivity index (χ0n) is 14.2. The van der Waals surface area contributed by atoms with Gasteiger partial charge in [0, 0.05) is 0 Å². The van der Waals surface area contributed by atoms with Crippen LogP contribution in [0.3, 0.4) is 0 Å². The molecular formula is C18H31Cs. The first-order chi connectivity index (χ1) is 8.93. The zero-order valence-corrected chi connectivity index (χ0v) is 19.4. The Morgan fingerprint density at radius 3 is 1.68 bits per heavy atom. The quantitative estimate of drug-likeness (QED) is 0.517. The summed E-state index contributed by atoms with van der Waals surface area (Å²) in [4.78, 5) is 0. The first kappa shape index (κ1) is 20.3. The molecule has 1 aromatic rings. The van der Waals surface area contributed by atoms with Crippen molar-refractivity contribution in [3.8, 4) is 0 Å². The Labute approximate surface area is 181 Å². The van der Waals surface area contributed by atoms with E-state index < -0.39 is 0 Å². The number of hydrogen-bond donors (Lipinski definition) is 0. The minimum atomic E-state index is 0. The number of hydrogen-bond acceptors (Lipinski definition) is 0. The minimum Gasteiger partial charge on any atom is -1.00 e. The fourth-order valence-electron chi connectivity index (χ4n) is 2.46. The van der Waals surface area contributed by atoms with Crippen molar-refractivity contribution in [2.45, 2.75) is 77.6 Å². The van der Waals surface area contributed by atoms with Crippen LogP contribution >= 0.6 is 0 Å².